The zero-order chi connectivity index (χ0) is 30.7. The molecular weight excluding hydrogens is 695 g/mol. The molecule has 46 heavy (non-hydrogen) atoms. The van der Waals surface area contributed by atoms with Gasteiger partial charge in [0.25, 0.3) is 0 Å². The maximum absolute atomic E-state index is 3.06. The zero-order valence-corrected chi connectivity index (χ0v) is 34.3. The Hall–Kier alpha value is -2.22. The topological polar surface area (TPSA) is 0 Å². The summed E-state index contributed by atoms with van der Waals surface area (Å²) < 4.78 is 0. The van der Waals surface area contributed by atoms with Crippen LogP contribution in [0.25, 0.3) is 43.8 Å². The molecule has 6 aromatic carbocycles. The third-order valence-corrected chi connectivity index (χ3v) is 8.07. The Morgan fingerprint density at radius 3 is 1.04 bits per heavy atom. The van der Waals surface area contributed by atoms with Crippen LogP contribution in [0.15, 0.2) is 109 Å². The molecule has 0 bridgehead atoms. The fourth-order valence-corrected chi connectivity index (χ4v) is 5.78. The van der Waals surface area contributed by atoms with Crippen molar-refractivity contribution in [3.8, 4) is 22.3 Å². The van der Waals surface area contributed by atoms with Crippen molar-refractivity contribution in [1.29, 1.82) is 0 Å². The molecule has 0 saturated heterocycles. The number of halogens is 2. The molecule has 0 aliphatic carbocycles. The van der Waals surface area contributed by atoms with Gasteiger partial charge in [0.15, 0.2) is 0 Å². The van der Waals surface area contributed by atoms with Crippen LogP contribution >= 0.6 is 24.8 Å². The van der Waals surface area contributed by atoms with Gasteiger partial charge in [0, 0.05) is 0 Å². The molecule has 6 rings (SSSR count). The van der Waals surface area contributed by atoms with Crippen LogP contribution in [0.2, 0.25) is 0 Å². The SMILES string of the molecule is Cc1[cH-]c2ccccc2c1-c1ccc(C(C)(C)C)cc1.Cc1[cH-]c2ccccc2c1-c1ccc(C(C)(C)C)cc1.Cl.Cl.[CH3-].[CH3-].[Si]=[Zr]. The predicted molar refractivity (Wildman–Crippen MR) is 210 cm³/mol. The number of rotatable bonds is 2. The number of hydrogen-bond acceptors (Lipinski definition) is 0. The van der Waals surface area contributed by atoms with Gasteiger partial charge < -0.3 is 14.9 Å². The summed E-state index contributed by atoms with van der Waals surface area (Å²) in [6.07, 6.45) is 0. The van der Waals surface area contributed by atoms with Gasteiger partial charge in [-0.05, 0) is 22.0 Å². The molecule has 0 aliphatic rings. The third kappa shape index (κ3) is 9.90. The normalized spacial score (nSPS) is 10.5. The summed E-state index contributed by atoms with van der Waals surface area (Å²) in [4.78, 5) is 0. The summed E-state index contributed by atoms with van der Waals surface area (Å²) in [7, 11) is 0. The zero-order valence-electron chi connectivity index (χ0n) is 29.2. The van der Waals surface area contributed by atoms with E-state index in [1.54, 1.807) is 0 Å². The first-order valence-electron chi connectivity index (χ1n) is 14.7. The first-order valence-corrected chi connectivity index (χ1v) is 18.9. The second-order valence-electron chi connectivity index (χ2n) is 13.2. The van der Waals surface area contributed by atoms with Crippen LogP contribution in [-0.2, 0) is 34.2 Å². The number of hydrogen-bond donors (Lipinski definition) is 0. The summed E-state index contributed by atoms with van der Waals surface area (Å²) in [5.41, 5.74) is 11.3. The summed E-state index contributed by atoms with van der Waals surface area (Å²) in [5.74, 6) is 0. The van der Waals surface area contributed by atoms with E-state index in [4.69, 9.17) is 0 Å². The second-order valence-corrected chi connectivity index (χ2v) is 13.2. The monoisotopic (exact) mass is 742 g/mol. The minimum atomic E-state index is 0. The van der Waals surface area contributed by atoms with Crippen LogP contribution in [0, 0.1) is 28.7 Å². The number of fused-ring (bicyclic) bond motifs is 2. The molecule has 0 amide bonds. The van der Waals surface area contributed by atoms with Crippen LogP contribution in [-0.4, -0.2) is 6.88 Å². The molecule has 0 aliphatic heterocycles. The Morgan fingerprint density at radius 2 is 0.761 bits per heavy atom. The van der Waals surface area contributed by atoms with Crippen molar-refractivity contribution in [2.45, 2.75) is 66.2 Å². The van der Waals surface area contributed by atoms with Gasteiger partial charge in [-0.2, -0.15) is 0 Å². The molecular formula is C42H50Cl2SiZr-4. The van der Waals surface area contributed by atoms with Gasteiger partial charge in [0.2, 0.25) is 0 Å². The molecule has 2 radical (unpaired) electrons. The van der Waals surface area contributed by atoms with Gasteiger partial charge in [0.05, 0.1) is 0 Å². The first-order chi connectivity index (χ1) is 19.9. The summed E-state index contributed by atoms with van der Waals surface area (Å²) in [6, 6.07) is 39.9. The Kier molecular flexibility index (Phi) is 17.5. The third-order valence-electron chi connectivity index (χ3n) is 8.07. The molecule has 0 unspecified atom stereocenters. The van der Waals surface area contributed by atoms with E-state index in [-0.39, 0.29) is 50.5 Å². The van der Waals surface area contributed by atoms with Crippen molar-refractivity contribution >= 4 is 53.2 Å². The summed E-state index contributed by atoms with van der Waals surface area (Å²) in [6.45, 7) is 21.0. The Labute approximate surface area is 309 Å². The molecule has 0 aromatic heterocycles. The van der Waals surface area contributed by atoms with Crippen molar-refractivity contribution in [3.05, 3.63) is 146 Å². The Morgan fingerprint density at radius 1 is 0.478 bits per heavy atom. The first kappa shape index (κ1) is 43.8. The van der Waals surface area contributed by atoms with Crippen LogP contribution in [0.5, 0.6) is 0 Å². The van der Waals surface area contributed by atoms with Gasteiger partial charge in [-0.15, -0.1) is 117 Å². The second kappa shape index (κ2) is 18.4. The van der Waals surface area contributed by atoms with Crippen molar-refractivity contribution in [2.24, 2.45) is 0 Å². The minimum absolute atomic E-state index is 0. The van der Waals surface area contributed by atoms with E-state index in [0.717, 1.165) is 0 Å². The molecule has 4 heteroatoms. The molecule has 0 spiro atoms. The number of aryl methyl sites for hydroxylation is 2. The molecule has 0 heterocycles. The van der Waals surface area contributed by atoms with Crippen molar-refractivity contribution < 1.29 is 23.3 Å². The number of benzene rings is 4. The van der Waals surface area contributed by atoms with Crippen molar-refractivity contribution in [1.82, 2.24) is 0 Å². The van der Waals surface area contributed by atoms with E-state index in [1.165, 1.54) is 89.4 Å². The average molecular weight is 745 g/mol. The van der Waals surface area contributed by atoms with Crippen LogP contribution < -0.4 is 0 Å². The fourth-order valence-electron chi connectivity index (χ4n) is 5.78. The summed E-state index contributed by atoms with van der Waals surface area (Å²) in [5, 5.41) is 5.38. The maximum atomic E-state index is 3.06. The van der Waals surface area contributed by atoms with E-state index in [0.29, 0.717) is 0 Å². The van der Waals surface area contributed by atoms with Crippen molar-refractivity contribution in [3.63, 3.8) is 0 Å². The molecule has 0 atom stereocenters. The van der Waals surface area contributed by atoms with E-state index >= 15 is 0 Å². The predicted octanol–water partition coefficient (Wildman–Crippen LogP) is 13.0. The molecule has 0 saturated carbocycles. The van der Waals surface area contributed by atoms with Gasteiger partial charge in [-0.1, -0.05) is 127 Å². The average Bonchev–Trinajstić information content (AvgIpc) is 3.48. The molecule has 6 aromatic rings. The standard InChI is InChI=1S/2C20H21.2CH3.2ClH.Si.Zr/c2*1-14-13-16-7-5-6-8-18(16)19(14)15-9-11-17(12-10-15)20(2,3)4;;;;;;/h2*5-13H,1-4H3;2*1H3;2*1H;;/q4*-1;;;;. The van der Waals surface area contributed by atoms with Crippen molar-refractivity contribution in [2.75, 3.05) is 0 Å². The summed E-state index contributed by atoms with van der Waals surface area (Å²) >= 11 is 1.36. The molecule has 0 N–H and O–H groups in total. The fraction of sp³-hybridized carbons (Fsp3) is 0.238. The van der Waals surface area contributed by atoms with Gasteiger partial charge >= 0.3 is 30.2 Å². The quantitative estimate of drug-likeness (QED) is 0.122. The van der Waals surface area contributed by atoms with E-state index in [1.807, 2.05) is 0 Å². The van der Waals surface area contributed by atoms with Gasteiger partial charge in [-0.25, -0.2) is 0 Å². The molecule has 0 fully saturated rings. The van der Waals surface area contributed by atoms with Gasteiger partial charge in [0.1, 0.15) is 0 Å². The van der Waals surface area contributed by atoms with E-state index in [9.17, 15) is 0 Å². The van der Waals surface area contributed by atoms with Crippen LogP contribution in [0.1, 0.15) is 63.8 Å². The Bertz CT molecular complexity index is 1640. The van der Waals surface area contributed by atoms with Crippen LogP contribution in [0.4, 0.5) is 0 Å². The molecule has 0 nitrogen and oxygen atoms in total. The Balaban J connectivity index is 0.000000772. The van der Waals surface area contributed by atoms with E-state index in [2.05, 4.69) is 171 Å². The molecule has 244 valence electrons. The van der Waals surface area contributed by atoms with Gasteiger partial charge in [-0.3, -0.25) is 0 Å². The van der Waals surface area contributed by atoms with E-state index < -0.39 is 0 Å². The van der Waals surface area contributed by atoms with Crippen LogP contribution in [0.3, 0.4) is 0 Å².